The lowest BCUT2D eigenvalue weighted by atomic mass is 10.0. The molecule has 0 saturated carbocycles. The summed E-state index contributed by atoms with van der Waals surface area (Å²) in [6.07, 6.45) is -0.182. The monoisotopic (exact) mass is 360 g/mol. The van der Waals surface area contributed by atoms with Crippen LogP contribution in [0, 0.1) is 6.92 Å². The minimum Gasteiger partial charge on any atom is -0.478 e. The van der Waals surface area contributed by atoms with Crippen molar-refractivity contribution in [2.75, 3.05) is 32.7 Å². The van der Waals surface area contributed by atoms with Gasteiger partial charge in [0.1, 0.15) is 0 Å². The maximum Gasteiger partial charge on any atom is 0.335 e. The number of aliphatic hydroxyl groups excluding tert-OH is 1. The summed E-state index contributed by atoms with van der Waals surface area (Å²) in [4.78, 5) is 23.5. The topological polar surface area (TPSA) is 110 Å². The lowest BCUT2D eigenvalue weighted by Gasteiger charge is -2.27. The van der Waals surface area contributed by atoms with Crippen molar-refractivity contribution < 1.29 is 24.9 Å². The number of nitrogens with one attached hydrogen (secondary N) is 1. The lowest BCUT2D eigenvalue weighted by Crippen LogP contribution is -2.45. The Bertz CT molecular complexity index is 513. The molecule has 1 atom stereocenters. The number of hydrogen-bond acceptors (Lipinski definition) is 5. The zero-order valence-electron chi connectivity index (χ0n) is 13.9. The lowest BCUT2D eigenvalue weighted by molar-refractivity contribution is 0.0696. The highest BCUT2D eigenvalue weighted by molar-refractivity contribution is 5.96. The minimum atomic E-state index is -1.11. The first-order valence-electron chi connectivity index (χ1n) is 7.50. The third-order valence-corrected chi connectivity index (χ3v) is 3.53. The Morgan fingerprint density at radius 2 is 1.62 bits per heavy atom. The first-order chi connectivity index (χ1) is 10.8. The van der Waals surface area contributed by atoms with Crippen molar-refractivity contribution >= 4 is 24.3 Å². The fourth-order valence-electron chi connectivity index (χ4n) is 2.37. The van der Waals surface area contributed by atoms with Gasteiger partial charge in [-0.1, -0.05) is 6.07 Å². The molecule has 0 aliphatic carbocycles. The second-order valence-electron chi connectivity index (χ2n) is 5.49. The van der Waals surface area contributed by atoms with Crippen molar-refractivity contribution in [2.24, 2.45) is 0 Å². The number of halogens is 1. The highest BCUT2D eigenvalue weighted by Gasteiger charge is 2.13. The third-order valence-electron chi connectivity index (χ3n) is 3.53. The molecule has 1 aliphatic heterocycles. The van der Waals surface area contributed by atoms with Gasteiger partial charge in [-0.2, -0.15) is 0 Å². The van der Waals surface area contributed by atoms with Crippen LogP contribution in [0.15, 0.2) is 18.2 Å². The maximum atomic E-state index is 10.6. The van der Waals surface area contributed by atoms with Crippen molar-refractivity contribution in [1.82, 2.24) is 10.2 Å². The molecule has 1 unspecified atom stereocenters. The number of benzene rings is 1. The van der Waals surface area contributed by atoms with E-state index in [0.29, 0.717) is 0 Å². The average molecular weight is 361 g/mol. The quantitative estimate of drug-likeness (QED) is 0.636. The predicted octanol–water partition coefficient (Wildman–Crippen LogP) is 1.09. The summed E-state index contributed by atoms with van der Waals surface area (Å²) in [5, 5.41) is 29.7. The number of carboxylic acid groups (broad SMARTS) is 2. The molecule has 1 aromatic carbocycles. The Hall–Kier alpha value is -1.67. The SMILES string of the molecule is CC(O)CN1CCNCC1.Cc1c(C(=O)O)cccc1C(=O)O.Cl. The number of carboxylic acids is 2. The van der Waals surface area contributed by atoms with E-state index in [-0.39, 0.29) is 35.2 Å². The van der Waals surface area contributed by atoms with Gasteiger partial charge in [-0.25, -0.2) is 9.59 Å². The van der Waals surface area contributed by atoms with E-state index < -0.39 is 11.9 Å². The number of hydrogen-bond donors (Lipinski definition) is 4. The van der Waals surface area contributed by atoms with Crippen molar-refractivity contribution in [3.8, 4) is 0 Å². The third kappa shape index (κ3) is 7.27. The molecule has 1 saturated heterocycles. The van der Waals surface area contributed by atoms with Crippen molar-refractivity contribution in [3.05, 3.63) is 34.9 Å². The molecule has 136 valence electrons. The van der Waals surface area contributed by atoms with E-state index >= 15 is 0 Å². The van der Waals surface area contributed by atoms with Crippen LogP contribution in [-0.4, -0.2) is 71.0 Å². The second-order valence-corrected chi connectivity index (χ2v) is 5.49. The van der Waals surface area contributed by atoms with E-state index in [1.54, 1.807) is 0 Å². The number of nitrogens with zero attached hydrogens (tertiary/aromatic N) is 1. The van der Waals surface area contributed by atoms with Crippen molar-refractivity contribution in [1.29, 1.82) is 0 Å². The van der Waals surface area contributed by atoms with Gasteiger partial charge in [0.05, 0.1) is 17.2 Å². The number of carbonyl (C=O) groups is 2. The van der Waals surface area contributed by atoms with Crippen LogP contribution in [-0.2, 0) is 0 Å². The van der Waals surface area contributed by atoms with Gasteiger partial charge in [-0.3, -0.25) is 4.90 Å². The molecule has 24 heavy (non-hydrogen) atoms. The molecule has 0 aromatic heterocycles. The normalized spacial score (nSPS) is 15.5. The molecule has 0 spiro atoms. The van der Waals surface area contributed by atoms with E-state index in [4.69, 9.17) is 15.3 Å². The van der Waals surface area contributed by atoms with Crippen LogP contribution in [0.3, 0.4) is 0 Å². The van der Waals surface area contributed by atoms with Crippen LogP contribution in [0.4, 0.5) is 0 Å². The first-order valence-corrected chi connectivity index (χ1v) is 7.50. The van der Waals surface area contributed by atoms with Crippen LogP contribution in [0.5, 0.6) is 0 Å². The summed E-state index contributed by atoms with van der Waals surface area (Å²) in [6, 6.07) is 4.17. The van der Waals surface area contributed by atoms with Gasteiger partial charge in [0.2, 0.25) is 0 Å². The van der Waals surface area contributed by atoms with Crippen LogP contribution in [0.2, 0.25) is 0 Å². The maximum absolute atomic E-state index is 10.6. The number of aromatic carboxylic acids is 2. The molecule has 1 fully saturated rings. The number of rotatable bonds is 4. The minimum absolute atomic E-state index is 0. The zero-order valence-corrected chi connectivity index (χ0v) is 14.7. The predicted molar refractivity (Wildman–Crippen MR) is 93.3 cm³/mol. The Labute approximate surface area is 147 Å². The van der Waals surface area contributed by atoms with E-state index in [9.17, 15) is 9.59 Å². The molecule has 8 heteroatoms. The van der Waals surface area contributed by atoms with Gasteiger partial charge in [-0.15, -0.1) is 12.4 Å². The molecule has 4 N–H and O–H groups in total. The fraction of sp³-hybridized carbons (Fsp3) is 0.500. The molecule has 0 amide bonds. The van der Waals surface area contributed by atoms with Gasteiger partial charge in [-0.05, 0) is 31.5 Å². The number of β-amino-alcohol motifs (C(OH)–C–C–N with tert-alkyl or cyclic N) is 1. The number of aliphatic hydroxyl groups is 1. The Balaban J connectivity index is 0.000000436. The average Bonchev–Trinajstić information content (AvgIpc) is 2.48. The van der Waals surface area contributed by atoms with E-state index in [2.05, 4.69) is 10.2 Å². The van der Waals surface area contributed by atoms with Gasteiger partial charge in [0.15, 0.2) is 0 Å². The van der Waals surface area contributed by atoms with Crippen LogP contribution in [0.1, 0.15) is 33.2 Å². The summed E-state index contributed by atoms with van der Waals surface area (Å²) in [6.45, 7) is 8.41. The van der Waals surface area contributed by atoms with Gasteiger partial charge < -0.3 is 20.6 Å². The molecular formula is C16H25ClN2O5. The highest BCUT2D eigenvalue weighted by Crippen LogP contribution is 2.13. The highest BCUT2D eigenvalue weighted by atomic mass is 35.5. The summed E-state index contributed by atoms with van der Waals surface area (Å²) < 4.78 is 0. The summed E-state index contributed by atoms with van der Waals surface area (Å²) in [5.41, 5.74) is 0.335. The molecule has 1 heterocycles. The smallest absolute Gasteiger partial charge is 0.335 e. The van der Waals surface area contributed by atoms with Gasteiger partial charge >= 0.3 is 11.9 Å². The zero-order chi connectivity index (χ0) is 17.4. The van der Waals surface area contributed by atoms with Crippen molar-refractivity contribution in [3.63, 3.8) is 0 Å². The summed E-state index contributed by atoms with van der Waals surface area (Å²) in [5.74, 6) is -2.22. The van der Waals surface area contributed by atoms with Crippen LogP contribution in [0.25, 0.3) is 0 Å². The first kappa shape index (κ1) is 22.3. The van der Waals surface area contributed by atoms with Crippen molar-refractivity contribution in [2.45, 2.75) is 20.0 Å². The van der Waals surface area contributed by atoms with Crippen LogP contribution < -0.4 is 5.32 Å². The molecule has 7 nitrogen and oxygen atoms in total. The van der Waals surface area contributed by atoms with E-state index in [1.165, 1.54) is 25.1 Å². The van der Waals surface area contributed by atoms with E-state index in [1.807, 2.05) is 6.92 Å². The van der Waals surface area contributed by atoms with Gasteiger partial charge in [0, 0.05) is 32.7 Å². The molecule has 0 radical (unpaired) electrons. The Morgan fingerprint density at radius 1 is 1.17 bits per heavy atom. The van der Waals surface area contributed by atoms with E-state index in [0.717, 1.165) is 32.7 Å². The van der Waals surface area contributed by atoms with Gasteiger partial charge in [0.25, 0.3) is 0 Å². The Kier molecular flexibility index (Phi) is 10.2. The standard InChI is InChI=1S/C9H8O4.C7H16N2O.ClH/c1-5-6(8(10)11)3-2-4-7(5)9(12)13;1-7(10)6-9-4-2-8-3-5-9;/h2-4H,1H3,(H,10,11)(H,12,13);7-8,10H,2-6H2,1H3;1H. The van der Waals surface area contributed by atoms with Crippen LogP contribution >= 0.6 is 12.4 Å². The second kappa shape index (κ2) is 11.0. The molecule has 2 rings (SSSR count). The molecular weight excluding hydrogens is 336 g/mol. The molecule has 1 aliphatic rings. The number of piperazine rings is 1. The largest absolute Gasteiger partial charge is 0.478 e. The fourth-order valence-corrected chi connectivity index (χ4v) is 2.37. The molecule has 1 aromatic rings. The Morgan fingerprint density at radius 3 is 2.00 bits per heavy atom. The summed E-state index contributed by atoms with van der Waals surface area (Å²) in [7, 11) is 0. The summed E-state index contributed by atoms with van der Waals surface area (Å²) >= 11 is 0. The molecule has 0 bridgehead atoms.